The van der Waals surface area contributed by atoms with Gasteiger partial charge in [-0.1, -0.05) is 20.8 Å². The van der Waals surface area contributed by atoms with E-state index < -0.39 is 0 Å². The number of hydrogen-bond acceptors (Lipinski definition) is 1. The first-order chi connectivity index (χ1) is 5.98. The Morgan fingerprint density at radius 2 is 1.69 bits per heavy atom. The standard InChI is InChI=1S/C12H23N/c1-9(10-5-6-10)13-7-11(8-13)12(2,3)4/h9-11H,5-8H2,1-4H3. The monoisotopic (exact) mass is 181 g/mol. The highest BCUT2D eigenvalue weighted by Gasteiger charge is 2.41. The molecule has 0 bridgehead atoms. The van der Waals surface area contributed by atoms with Gasteiger partial charge < -0.3 is 0 Å². The minimum atomic E-state index is 0.528. The third-order valence-corrected chi connectivity index (χ3v) is 4.01. The Balaban J connectivity index is 1.77. The van der Waals surface area contributed by atoms with E-state index >= 15 is 0 Å². The summed E-state index contributed by atoms with van der Waals surface area (Å²) in [5.41, 5.74) is 0.528. The van der Waals surface area contributed by atoms with Gasteiger partial charge in [-0.3, -0.25) is 4.90 Å². The fraction of sp³-hybridized carbons (Fsp3) is 1.00. The molecule has 1 heterocycles. The molecule has 2 fully saturated rings. The van der Waals surface area contributed by atoms with Gasteiger partial charge in [-0.25, -0.2) is 0 Å². The van der Waals surface area contributed by atoms with E-state index in [1.54, 1.807) is 0 Å². The first-order valence-electron chi connectivity index (χ1n) is 5.72. The summed E-state index contributed by atoms with van der Waals surface area (Å²) in [6.07, 6.45) is 2.97. The van der Waals surface area contributed by atoms with E-state index in [4.69, 9.17) is 0 Å². The summed E-state index contributed by atoms with van der Waals surface area (Å²) < 4.78 is 0. The Labute approximate surface area is 82.5 Å². The lowest BCUT2D eigenvalue weighted by Gasteiger charge is -2.49. The molecule has 1 aliphatic heterocycles. The van der Waals surface area contributed by atoms with Gasteiger partial charge in [0.05, 0.1) is 0 Å². The van der Waals surface area contributed by atoms with E-state index in [2.05, 4.69) is 32.6 Å². The van der Waals surface area contributed by atoms with Crippen LogP contribution in [-0.2, 0) is 0 Å². The van der Waals surface area contributed by atoms with Crippen molar-refractivity contribution in [1.82, 2.24) is 4.90 Å². The van der Waals surface area contributed by atoms with Crippen LogP contribution < -0.4 is 0 Å². The van der Waals surface area contributed by atoms with Gasteiger partial charge in [-0.2, -0.15) is 0 Å². The molecule has 76 valence electrons. The Bertz CT molecular complexity index is 182. The SMILES string of the molecule is CC(C1CC1)N1CC(C(C)(C)C)C1. The minimum absolute atomic E-state index is 0.528. The summed E-state index contributed by atoms with van der Waals surface area (Å²) in [6, 6.07) is 0.874. The zero-order valence-corrected chi connectivity index (χ0v) is 9.51. The predicted octanol–water partition coefficient (Wildman–Crippen LogP) is 2.76. The molecule has 1 aliphatic carbocycles. The van der Waals surface area contributed by atoms with Gasteiger partial charge in [0.2, 0.25) is 0 Å². The zero-order chi connectivity index (χ0) is 9.64. The first-order valence-corrected chi connectivity index (χ1v) is 5.72. The molecule has 0 aromatic rings. The van der Waals surface area contributed by atoms with Gasteiger partial charge in [-0.15, -0.1) is 0 Å². The lowest BCUT2D eigenvalue weighted by Crippen LogP contribution is -2.55. The van der Waals surface area contributed by atoms with Gasteiger partial charge >= 0.3 is 0 Å². The highest BCUT2D eigenvalue weighted by atomic mass is 15.2. The summed E-state index contributed by atoms with van der Waals surface area (Å²) in [7, 11) is 0. The molecule has 1 unspecified atom stereocenters. The van der Waals surface area contributed by atoms with E-state index in [-0.39, 0.29) is 0 Å². The van der Waals surface area contributed by atoms with E-state index in [0.717, 1.165) is 17.9 Å². The fourth-order valence-corrected chi connectivity index (χ4v) is 2.27. The smallest absolute Gasteiger partial charge is 0.00954 e. The molecule has 0 N–H and O–H groups in total. The number of likely N-dealkylation sites (tertiary alicyclic amines) is 1. The molecular weight excluding hydrogens is 158 g/mol. The second-order valence-corrected chi connectivity index (χ2v) is 6.09. The van der Waals surface area contributed by atoms with Crippen molar-refractivity contribution < 1.29 is 0 Å². The Kier molecular flexibility index (Phi) is 2.18. The van der Waals surface area contributed by atoms with E-state index in [0.29, 0.717) is 5.41 Å². The van der Waals surface area contributed by atoms with Crippen LogP contribution >= 0.6 is 0 Å². The van der Waals surface area contributed by atoms with Crippen LogP contribution in [0.2, 0.25) is 0 Å². The maximum atomic E-state index is 2.67. The van der Waals surface area contributed by atoms with Gasteiger partial charge in [0.1, 0.15) is 0 Å². The van der Waals surface area contributed by atoms with E-state index in [1.807, 2.05) is 0 Å². The summed E-state index contributed by atoms with van der Waals surface area (Å²) >= 11 is 0. The average molecular weight is 181 g/mol. The molecular formula is C12H23N. The van der Waals surface area contributed by atoms with Crippen LogP contribution in [0.25, 0.3) is 0 Å². The second-order valence-electron chi connectivity index (χ2n) is 6.09. The zero-order valence-electron chi connectivity index (χ0n) is 9.51. The maximum Gasteiger partial charge on any atom is 0.00954 e. The molecule has 2 aliphatic rings. The van der Waals surface area contributed by atoms with Gasteiger partial charge in [-0.05, 0) is 37.0 Å². The number of hydrogen-bond donors (Lipinski definition) is 0. The van der Waals surface area contributed by atoms with E-state index in [1.165, 1.54) is 25.9 Å². The molecule has 0 aromatic heterocycles. The molecule has 0 spiro atoms. The molecule has 1 saturated heterocycles. The molecule has 1 heteroatoms. The first kappa shape index (κ1) is 9.51. The summed E-state index contributed by atoms with van der Waals surface area (Å²) in [4.78, 5) is 2.67. The molecule has 0 aromatic carbocycles. The van der Waals surface area contributed by atoms with Crippen LogP contribution in [0.5, 0.6) is 0 Å². The molecule has 1 saturated carbocycles. The molecule has 0 amide bonds. The van der Waals surface area contributed by atoms with Gasteiger partial charge in [0.15, 0.2) is 0 Å². The van der Waals surface area contributed by atoms with Crippen molar-refractivity contribution in [3.63, 3.8) is 0 Å². The Morgan fingerprint density at radius 1 is 1.15 bits per heavy atom. The van der Waals surface area contributed by atoms with Crippen molar-refractivity contribution >= 4 is 0 Å². The van der Waals surface area contributed by atoms with Crippen molar-refractivity contribution in [3.8, 4) is 0 Å². The number of rotatable bonds is 2. The van der Waals surface area contributed by atoms with Crippen LogP contribution in [-0.4, -0.2) is 24.0 Å². The lowest BCUT2D eigenvalue weighted by atomic mass is 9.75. The average Bonchev–Trinajstić information content (AvgIpc) is 2.58. The molecule has 2 rings (SSSR count). The molecule has 13 heavy (non-hydrogen) atoms. The minimum Gasteiger partial charge on any atom is -0.300 e. The van der Waals surface area contributed by atoms with Crippen LogP contribution in [0.1, 0.15) is 40.5 Å². The van der Waals surface area contributed by atoms with Crippen molar-refractivity contribution in [2.45, 2.75) is 46.6 Å². The number of nitrogens with zero attached hydrogens (tertiary/aromatic N) is 1. The van der Waals surface area contributed by atoms with Crippen molar-refractivity contribution in [3.05, 3.63) is 0 Å². The topological polar surface area (TPSA) is 3.24 Å². The lowest BCUT2D eigenvalue weighted by molar-refractivity contribution is -0.00797. The summed E-state index contributed by atoms with van der Waals surface area (Å²) in [5.74, 6) is 1.98. The normalized spacial score (nSPS) is 28.6. The summed E-state index contributed by atoms with van der Waals surface area (Å²) in [6.45, 7) is 12.2. The molecule has 1 nitrogen and oxygen atoms in total. The van der Waals surface area contributed by atoms with Gasteiger partial charge in [0, 0.05) is 19.1 Å². The Hall–Kier alpha value is -0.0400. The van der Waals surface area contributed by atoms with Crippen LogP contribution in [0.15, 0.2) is 0 Å². The second kappa shape index (κ2) is 2.98. The highest BCUT2D eigenvalue weighted by molar-refractivity contribution is 4.94. The predicted molar refractivity (Wildman–Crippen MR) is 56.7 cm³/mol. The van der Waals surface area contributed by atoms with Crippen molar-refractivity contribution in [2.75, 3.05) is 13.1 Å². The van der Waals surface area contributed by atoms with Crippen molar-refractivity contribution in [1.29, 1.82) is 0 Å². The van der Waals surface area contributed by atoms with Crippen LogP contribution in [0.4, 0.5) is 0 Å². The third-order valence-electron chi connectivity index (χ3n) is 4.01. The quantitative estimate of drug-likeness (QED) is 0.633. The maximum absolute atomic E-state index is 2.67. The van der Waals surface area contributed by atoms with Crippen LogP contribution in [0, 0.1) is 17.3 Å². The van der Waals surface area contributed by atoms with Crippen LogP contribution in [0.3, 0.4) is 0 Å². The van der Waals surface area contributed by atoms with Gasteiger partial charge in [0.25, 0.3) is 0 Å². The largest absolute Gasteiger partial charge is 0.300 e. The Morgan fingerprint density at radius 3 is 2.08 bits per heavy atom. The van der Waals surface area contributed by atoms with Crippen molar-refractivity contribution in [2.24, 2.45) is 17.3 Å². The molecule has 0 radical (unpaired) electrons. The third kappa shape index (κ3) is 1.90. The highest BCUT2D eigenvalue weighted by Crippen LogP contribution is 2.41. The molecule has 1 atom stereocenters. The fourth-order valence-electron chi connectivity index (χ4n) is 2.27. The van der Waals surface area contributed by atoms with E-state index in [9.17, 15) is 0 Å². The summed E-state index contributed by atoms with van der Waals surface area (Å²) in [5, 5.41) is 0.